The number of nitrogens with one attached hydrogen (secondary N) is 2. The molecule has 0 aliphatic carbocycles. The Morgan fingerprint density at radius 3 is 3.00 bits per heavy atom. The number of carbonyl (C=O) groups excluding carboxylic acids is 1. The van der Waals surface area contributed by atoms with Crippen LogP contribution in [-0.2, 0) is 11.2 Å². The van der Waals surface area contributed by atoms with Crippen LogP contribution in [0.1, 0.15) is 12.5 Å². The number of amides is 1. The molecule has 1 aliphatic heterocycles. The molecule has 1 aromatic rings. The minimum atomic E-state index is -0.0235. The standard InChI is InChI=1S/C12H16N2OS/c1-3-8-4-5-9-10(6-8)16-11(7-13-2)12(15)14-9/h4-6,11,13H,3,7H2,1-2H3,(H,14,15). The largest absolute Gasteiger partial charge is 0.324 e. The summed E-state index contributed by atoms with van der Waals surface area (Å²) in [6.45, 7) is 2.84. The molecule has 0 bridgehead atoms. The van der Waals surface area contributed by atoms with Gasteiger partial charge in [0.25, 0.3) is 0 Å². The summed E-state index contributed by atoms with van der Waals surface area (Å²) in [5, 5.41) is 5.97. The predicted octanol–water partition coefficient (Wildman–Crippen LogP) is 1.88. The number of rotatable bonds is 3. The summed E-state index contributed by atoms with van der Waals surface area (Å²) in [6, 6.07) is 6.23. The van der Waals surface area contributed by atoms with Crippen molar-refractivity contribution in [3.05, 3.63) is 23.8 Å². The molecule has 0 saturated heterocycles. The molecule has 4 heteroatoms. The van der Waals surface area contributed by atoms with Gasteiger partial charge < -0.3 is 10.6 Å². The summed E-state index contributed by atoms with van der Waals surface area (Å²) >= 11 is 1.64. The van der Waals surface area contributed by atoms with Crippen molar-refractivity contribution in [2.75, 3.05) is 18.9 Å². The number of thioether (sulfide) groups is 1. The highest BCUT2D eigenvalue weighted by Gasteiger charge is 2.26. The summed E-state index contributed by atoms with van der Waals surface area (Å²) in [5.41, 5.74) is 2.25. The van der Waals surface area contributed by atoms with Crippen LogP contribution < -0.4 is 10.6 Å². The molecule has 0 fully saturated rings. The molecule has 1 atom stereocenters. The van der Waals surface area contributed by atoms with Gasteiger partial charge in [0, 0.05) is 11.4 Å². The van der Waals surface area contributed by atoms with E-state index < -0.39 is 0 Å². The Morgan fingerprint density at radius 2 is 2.31 bits per heavy atom. The Balaban J connectivity index is 2.25. The normalized spacial score (nSPS) is 19.1. The van der Waals surface area contributed by atoms with E-state index >= 15 is 0 Å². The Labute approximate surface area is 100.0 Å². The van der Waals surface area contributed by atoms with Crippen LogP contribution in [0.5, 0.6) is 0 Å². The Hall–Kier alpha value is -1.00. The van der Waals surface area contributed by atoms with Crippen molar-refractivity contribution in [2.45, 2.75) is 23.5 Å². The summed E-state index contributed by atoms with van der Waals surface area (Å²) in [7, 11) is 1.87. The molecule has 1 unspecified atom stereocenters. The minimum Gasteiger partial charge on any atom is -0.324 e. The minimum absolute atomic E-state index is 0.0235. The van der Waals surface area contributed by atoms with Crippen molar-refractivity contribution in [3.8, 4) is 0 Å². The molecule has 16 heavy (non-hydrogen) atoms. The molecule has 2 N–H and O–H groups in total. The average Bonchev–Trinajstić information content (AvgIpc) is 2.30. The van der Waals surface area contributed by atoms with Gasteiger partial charge in [0.1, 0.15) is 5.25 Å². The maximum atomic E-state index is 11.7. The van der Waals surface area contributed by atoms with Crippen molar-refractivity contribution in [2.24, 2.45) is 0 Å². The van der Waals surface area contributed by atoms with Gasteiger partial charge in [-0.25, -0.2) is 0 Å². The lowest BCUT2D eigenvalue weighted by molar-refractivity contribution is -0.115. The summed E-state index contributed by atoms with van der Waals surface area (Å²) < 4.78 is 0. The second-order valence-electron chi connectivity index (χ2n) is 3.84. The monoisotopic (exact) mass is 236 g/mol. The molecule has 0 saturated carbocycles. The molecule has 1 heterocycles. The molecule has 0 radical (unpaired) electrons. The van der Waals surface area contributed by atoms with Gasteiger partial charge in [0.05, 0.1) is 5.69 Å². The van der Waals surface area contributed by atoms with Gasteiger partial charge >= 0.3 is 0 Å². The van der Waals surface area contributed by atoms with Crippen LogP contribution in [0.15, 0.2) is 23.1 Å². The molecule has 1 aromatic carbocycles. The fourth-order valence-electron chi connectivity index (χ4n) is 1.73. The Kier molecular flexibility index (Phi) is 3.51. The van der Waals surface area contributed by atoms with Crippen LogP contribution in [0.25, 0.3) is 0 Å². The molecule has 0 spiro atoms. The highest BCUT2D eigenvalue weighted by atomic mass is 32.2. The van der Waals surface area contributed by atoms with Crippen molar-refractivity contribution in [1.82, 2.24) is 5.32 Å². The van der Waals surface area contributed by atoms with E-state index in [1.807, 2.05) is 13.1 Å². The molecule has 0 aromatic heterocycles. The van der Waals surface area contributed by atoms with Gasteiger partial charge in [-0.3, -0.25) is 4.79 Å². The van der Waals surface area contributed by atoms with Crippen molar-refractivity contribution >= 4 is 23.4 Å². The third-order valence-corrected chi connectivity index (χ3v) is 3.92. The number of hydrogen-bond acceptors (Lipinski definition) is 3. The summed E-state index contributed by atoms with van der Waals surface area (Å²) in [4.78, 5) is 12.9. The van der Waals surface area contributed by atoms with Gasteiger partial charge in [0.15, 0.2) is 0 Å². The van der Waals surface area contributed by atoms with Gasteiger partial charge in [-0.2, -0.15) is 0 Å². The van der Waals surface area contributed by atoms with E-state index in [0.717, 1.165) is 12.1 Å². The summed E-state index contributed by atoms with van der Waals surface area (Å²) in [5.74, 6) is 0.0936. The van der Waals surface area contributed by atoms with Crippen LogP contribution in [0, 0.1) is 0 Å². The first-order valence-corrected chi connectivity index (χ1v) is 6.37. The molecule has 86 valence electrons. The maximum absolute atomic E-state index is 11.7. The Morgan fingerprint density at radius 1 is 1.50 bits per heavy atom. The zero-order valence-corrected chi connectivity index (χ0v) is 10.4. The van der Waals surface area contributed by atoms with E-state index in [0.29, 0.717) is 6.54 Å². The molecule has 1 aliphatic rings. The fourth-order valence-corrected chi connectivity index (χ4v) is 2.92. The van der Waals surface area contributed by atoms with E-state index in [9.17, 15) is 4.79 Å². The number of anilines is 1. The lowest BCUT2D eigenvalue weighted by atomic mass is 10.1. The number of carbonyl (C=O) groups is 1. The van der Waals surface area contributed by atoms with Crippen molar-refractivity contribution in [3.63, 3.8) is 0 Å². The first kappa shape index (κ1) is 11.5. The second kappa shape index (κ2) is 4.89. The molecular weight excluding hydrogens is 220 g/mol. The van der Waals surface area contributed by atoms with Gasteiger partial charge in [-0.05, 0) is 31.2 Å². The van der Waals surface area contributed by atoms with Crippen LogP contribution in [-0.4, -0.2) is 24.7 Å². The lowest BCUT2D eigenvalue weighted by Gasteiger charge is -2.24. The van der Waals surface area contributed by atoms with E-state index in [4.69, 9.17) is 0 Å². The quantitative estimate of drug-likeness (QED) is 0.842. The van der Waals surface area contributed by atoms with E-state index in [-0.39, 0.29) is 11.2 Å². The van der Waals surface area contributed by atoms with Gasteiger partial charge in [-0.15, -0.1) is 11.8 Å². The Bertz CT molecular complexity index is 406. The lowest BCUT2D eigenvalue weighted by Crippen LogP contribution is -2.36. The van der Waals surface area contributed by atoms with Gasteiger partial charge in [0.2, 0.25) is 5.91 Å². The number of aryl methyl sites for hydroxylation is 1. The molecule has 3 nitrogen and oxygen atoms in total. The first-order chi connectivity index (χ1) is 7.74. The van der Waals surface area contributed by atoms with Crippen molar-refractivity contribution in [1.29, 1.82) is 0 Å². The SMILES string of the molecule is CCc1ccc2c(c1)SC(CNC)C(=O)N2. The molecule has 1 amide bonds. The number of hydrogen-bond donors (Lipinski definition) is 2. The van der Waals surface area contributed by atoms with Crippen LogP contribution in [0.2, 0.25) is 0 Å². The van der Waals surface area contributed by atoms with Crippen molar-refractivity contribution < 1.29 is 4.79 Å². The fraction of sp³-hybridized carbons (Fsp3) is 0.417. The first-order valence-electron chi connectivity index (χ1n) is 5.49. The third-order valence-electron chi connectivity index (χ3n) is 2.66. The molecule has 2 rings (SSSR count). The molecular formula is C12H16N2OS. The van der Waals surface area contributed by atoms with Crippen LogP contribution in [0.4, 0.5) is 5.69 Å². The highest BCUT2D eigenvalue weighted by molar-refractivity contribution is 8.01. The van der Waals surface area contributed by atoms with Crippen LogP contribution in [0.3, 0.4) is 0 Å². The third kappa shape index (κ3) is 2.23. The zero-order valence-electron chi connectivity index (χ0n) is 9.54. The number of benzene rings is 1. The smallest absolute Gasteiger partial charge is 0.239 e. The predicted molar refractivity (Wildman–Crippen MR) is 68.0 cm³/mol. The van der Waals surface area contributed by atoms with E-state index in [2.05, 4.69) is 29.7 Å². The second-order valence-corrected chi connectivity index (χ2v) is 5.08. The zero-order chi connectivity index (χ0) is 11.5. The number of fused-ring (bicyclic) bond motifs is 1. The van der Waals surface area contributed by atoms with Gasteiger partial charge in [-0.1, -0.05) is 13.0 Å². The maximum Gasteiger partial charge on any atom is 0.239 e. The average molecular weight is 236 g/mol. The highest BCUT2D eigenvalue weighted by Crippen LogP contribution is 2.36. The van der Waals surface area contributed by atoms with E-state index in [1.165, 1.54) is 10.5 Å². The topological polar surface area (TPSA) is 41.1 Å². The summed E-state index contributed by atoms with van der Waals surface area (Å²) in [6.07, 6.45) is 1.03. The van der Waals surface area contributed by atoms with E-state index in [1.54, 1.807) is 11.8 Å². The van der Waals surface area contributed by atoms with Crippen LogP contribution >= 0.6 is 11.8 Å².